The zero-order valence-corrected chi connectivity index (χ0v) is 34.3. The fourth-order valence-corrected chi connectivity index (χ4v) is 6.05. The first-order chi connectivity index (χ1) is 25.1. The second-order valence-corrected chi connectivity index (χ2v) is 15.2. The Balaban J connectivity index is 4.40. The molecule has 0 spiro atoms. The Morgan fingerprint density at radius 3 is 1.60 bits per heavy atom. The van der Waals surface area contributed by atoms with E-state index in [2.05, 4.69) is 50.3 Å². The first-order valence-electron chi connectivity index (χ1n) is 21.0. The minimum atomic E-state index is -0.878. The van der Waals surface area contributed by atoms with Gasteiger partial charge in [-0.25, -0.2) is 4.79 Å². The van der Waals surface area contributed by atoms with Crippen LogP contribution in [0.5, 0.6) is 0 Å². The number of quaternary nitrogens is 1. The Morgan fingerprint density at radius 1 is 0.596 bits per heavy atom. The summed E-state index contributed by atoms with van der Waals surface area (Å²) in [4.78, 5) is 36.9. The van der Waals surface area contributed by atoms with Gasteiger partial charge in [0.2, 0.25) is 0 Å². The first kappa shape index (κ1) is 49.6. The molecule has 0 aliphatic carbocycles. The largest absolute Gasteiger partial charge is 0.477 e. The SMILES string of the molecule is CC/C=C/C/C=C/C/C=C/CCCCCCC(=O)OCC(COCCC(C(=O)O)[N+](C)(C)C)OC(=O)CCCCCCCCCCCCCCCC. The van der Waals surface area contributed by atoms with Gasteiger partial charge in [-0.3, -0.25) is 9.59 Å². The second kappa shape index (κ2) is 35.6. The number of carboxylic acids is 1. The summed E-state index contributed by atoms with van der Waals surface area (Å²) in [5.41, 5.74) is 0. The van der Waals surface area contributed by atoms with Gasteiger partial charge in [-0.05, 0) is 44.9 Å². The minimum absolute atomic E-state index is 0.0560. The average molecular weight is 735 g/mol. The van der Waals surface area contributed by atoms with E-state index in [1.165, 1.54) is 70.6 Å². The van der Waals surface area contributed by atoms with Crippen LogP contribution in [-0.4, -0.2) is 80.6 Å². The Labute approximate surface area is 319 Å². The summed E-state index contributed by atoms with van der Waals surface area (Å²) in [6.45, 7) is 4.60. The van der Waals surface area contributed by atoms with Crippen molar-refractivity contribution in [3.8, 4) is 0 Å². The summed E-state index contributed by atoms with van der Waals surface area (Å²) in [5.74, 6) is -1.49. The van der Waals surface area contributed by atoms with Crippen molar-refractivity contribution in [3.63, 3.8) is 0 Å². The molecule has 52 heavy (non-hydrogen) atoms. The van der Waals surface area contributed by atoms with Crippen LogP contribution < -0.4 is 0 Å². The fraction of sp³-hybridized carbons (Fsp3) is 0.795. The van der Waals surface area contributed by atoms with Crippen LogP contribution in [0.2, 0.25) is 0 Å². The molecule has 0 radical (unpaired) electrons. The Hall–Kier alpha value is -2.45. The van der Waals surface area contributed by atoms with Crippen LogP contribution >= 0.6 is 0 Å². The number of carbonyl (C=O) groups excluding carboxylic acids is 2. The molecular weight excluding hydrogens is 654 g/mol. The van der Waals surface area contributed by atoms with E-state index in [0.717, 1.165) is 70.6 Å². The molecule has 2 unspecified atom stereocenters. The standard InChI is InChI=1S/C44H79NO7/c1-6-8-10-12-14-16-18-20-22-24-26-28-30-32-34-42(46)51-39-40(38-50-37-36-41(44(48)49)45(3,4)5)52-43(47)35-33-31-29-27-25-23-21-19-17-15-13-11-9-7-2/h8,10,14,16,20,22,40-41H,6-7,9,11-13,15,17-19,21,23-39H2,1-5H3/p+1/b10-8+,16-14+,22-20+. The molecule has 302 valence electrons. The predicted molar refractivity (Wildman–Crippen MR) is 215 cm³/mol. The lowest BCUT2D eigenvalue weighted by Crippen LogP contribution is -2.50. The van der Waals surface area contributed by atoms with Gasteiger partial charge in [0.25, 0.3) is 0 Å². The highest BCUT2D eigenvalue weighted by atomic mass is 16.6. The predicted octanol–water partition coefficient (Wildman–Crippen LogP) is 11.1. The number of hydrogen-bond donors (Lipinski definition) is 1. The Bertz CT molecular complexity index is 953. The zero-order chi connectivity index (χ0) is 38.5. The van der Waals surface area contributed by atoms with Crippen molar-refractivity contribution in [2.75, 3.05) is 41.0 Å². The molecule has 0 aromatic heterocycles. The van der Waals surface area contributed by atoms with Crippen molar-refractivity contribution < 1.29 is 38.2 Å². The van der Waals surface area contributed by atoms with Gasteiger partial charge >= 0.3 is 17.9 Å². The Kier molecular flexibility index (Phi) is 33.9. The number of carbonyl (C=O) groups is 3. The van der Waals surface area contributed by atoms with E-state index in [1.807, 2.05) is 21.1 Å². The van der Waals surface area contributed by atoms with Crippen LogP contribution in [0.25, 0.3) is 0 Å². The highest BCUT2D eigenvalue weighted by Crippen LogP contribution is 2.15. The average Bonchev–Trinajstić information content (AvgIpc) is 3.09. The van der Waals surface area contributed by atoms with E-state index in [9.17, 15) is 19.5 Å². The van der Waals surface area contributed by atoms with Crippen LogP contribution in [0.4, 0.5) is 0 Å². The Morgan fingerprint density at radius 2 is 1.08 bits per heavy atom. The second-order valence-electron chi connectivity index (χ2n) is 15.2. The van der Waals surface area contributed by atoms with Crippen molar-refractivity contribution in [3.05, 3.63) is 36.5 Å². The summed E-state index contributed by atoms with van der Waals surface area (Å²) in [7, 11) is 5.52. The lowest BCUT2D eigenvalue weighted by Gasteiger charge is -2.31. The third-order valence-electron chi connectivity index (χ3n) is 9.30. The number of aliphatic carboxylic acids is 1. The van der Waals surface area contributed by atoms with E-state index in [0.29, 0.717) is 19.3 Å². The summed E-state index contributed by atoms with van der Waals surface area (Å²) >= 11 is 0. The van der Waals surface area contributed by atoms with E-state index in [4.69, 9.17) is 14.2 Å². The number of likely N-dealkylation sites (N-methyl/N-ethyl adjacent to an activating group) is 1. The quantitative estimate of drug-likeness (QED) is 0.0293. The molecule has 0 aromatic carbocycles. The highest BCUT2D eigenvalue weighted by Gasteiger charge is 2.31. The molecule has 0 fully saturated rings. The van der Waals surface area contributed by atoms with Gasteiger partial charge in [-0.2, -0.15) is 0 Å². The van der Waals surface area contributed by atoms with Crippen molar-refractivity contribution >= 4 is 17.9 Å². The van der Waals surface area contributed by atoms with E-state index in [-0.39, 0.29) is 36.2 Å². The molecule has 2 atom stereocenters. The number of nitrogens with zero attached hydrogens (tertiary/aromatic N) is 1. The van der Waals surface area contributed by atoms with Crippen LogP contribution in [0.15, 0.2) is 36.5 Å². The number of allylic oxidation sites excluding steroid dienone is 6. The smallest absolute Gasteiger partial charge is 0.362 e. The van der Waals surface area contributed by atoms with Gasteiger partial charge in [-0.15, -0.1) is 0 Å². The number of carboxylic acid groups (broad SMARTS) is 1. The molecule has 8 nitrogen and oxygen atoms in total. The summed E-state index contributed by atoms with van der Waals surface area (Å²) in [6.07, 6.45) is 38.9. The van der Waals surface area contributed by atoms with Crippen molar-refractivity contribution in [1.82, 2.24) is 0 Å². The van der Waals surface area contributed by atoms with Gasteiger partial charge in [0, 0.05) is 19.3 Å². The molecular formula is C44H80NO7+. The van der Waals surface area contributed by atoms with Crippen LogP contribution in [0.3, 0.4) is 0 Å². The maximum absolute atomic E-state index is 12.7. The molecule has 8 heteroatoms. The monoisotopic (exact) mass is 735 g/mol. The first-order valence-corrected chi connectivity index (χ1v) is 21.0. The van der Waals surface area contributed by atoms with Gasteiger partial charge < -0.3 is 23.8 Å². The van der Waals surface area contributed by atoms with E-state index < -0.39 is 18.1 Å². The summed E-state index contributed by atoms with van der Waals surface area (Å²) < 4.78 is 17.2. The van der Waals surface area contributed by atoms with Crippen LogP contribution in [0, 0.1) is 0 Å². The van der Waals surface area contributed by atoms with Gasteiger partial charge in [0.15, 0.2) is 12.1 Å². The molecule has 0 aliphatic rings. The lowest BCUT2D eigenvalue weighted by atomic mass is 10.0. The van der Waals surface area contributed by atoms with Crippen LogP contribution in [0.1, 0.15) is 174 Å². The maximum Gasteiger partial charge on any atom is 0.362 e. The molecule has 0 amide bonds. The highest BCUT2D eigenvalue weighted by molar-refractivity contribution is 5.72. The minimum Gasteiger partial charge on any atom is -0.477 e. The fourth-order valence-electron chi connectivity index (χ4n) is 6.05. The van der Waals surface area contributed by atoms with Gasteiger partial charge in [-0.1, -0.05) is 147 Å². The number of rotatable bonds is 37. The van der Waals surface area contributed by atoms with Crippen molar-refractivity contribution in [2.45, 2.75) is 187 Å². The third kappa shape index (κ3) is 33.4. The molecule has 0 rings (SSSR count). The van der Waals surface area contributed by atoms with Gasteiger partial charge in [0.1, 0.15) is 6.61 Å². The lowest BCUT2D eigenvalue weighted by molar-refractivity contribution is -0.887. The molecule has 0 heterocycles. The molecule has 1 N–H and O–H groups in total. The summed E-state index contributed by atoms with van der Waals surface area (Å²) in [5, 5.41) is 9.60. The van der Waals surface area contributed by atoms with Crippen molar-refractivity contribution in [2.24, 2.45) is 0 Å². The molecule has 0 saturated heterocycles. The third-order valence-corrected chi connectivity index (χ3v) is 9.30. The topological polar surface area (TPSA) is 99.1 Å². The van der Waals surface area contributed by atoms with E-state index in [1.54, 1.807) is 0 Å². The number of ether oxygens (including phenoxy) is 3. The van der Waals surface area contributed by atoms with E-state index >= 15 is 0 Å². The molecule has 0 bridgehead atoms. The molecule has 0 aromatic rings. The maximum atomic E-state index is 12.7. The summed E-state index contributed by atoms with van der Waals surface area (Å²) in [6, 6.07) is -0.615. The number of esters is 2. The molecule has 0 aliphatic heterocycles. The normalized spacial score (nSPS) is 13.3. The zero-order valence-electron chi connectivity index (χ0n) is 34.3. The number of hydrogen-bond acceptors (Lipinski definition) is 6. The number of unbranched alkanes of at least 4 members (excludes halogenated alkanes) is 17. The van der Waals surface area contributed by atoms with Crippen molar-refractivity contribution in [1.29, 1.82) is 0 Å². The van der Waals surface area contributed by atoms with Crippen LogP contribution in [-0.2, 0) is 28.6 Å². The van der Waals surface area contributed by atoms with Gasteiger partial charge in [0.05, 0.1) is 34.4 Å². The molecule has 0 saturated carbocycles.